The number of rotatable bonds is 4. The molecule has 0 saturated heterocycles. The quantitative estimate of drug-likeness (QED) is 0.683. The van der Waals surface area contributed by atoms with Crippen LogP contribution in [-0.2, 0) is 6.42 Å². The Hall–Kier alpha value is -2.35. The van der Waals surface area contributed by atoms with E-state index < -0.39 is 0 Å². The van der Waals surface area contributed by atoms with Gasteiger partial charge in [-0.25, -0.2) is 4.39 Å². The van der Waals surface area contributed by atoms with Crippen molar-refractivity contribution in [1.82, 2.24) is 0 Å². The Labute approximate surface area is 125 Å². The predicted molar refractivity (Wildman–Crippen MR) is 85.7 cm³/mol. The van der Waals surface area contributed by atoms with Crippen LogP contribution in [0, 0.1) is 5.82 Å². The summed E-state index contributed by atoms with van der Waals surface area (Å²) in [6.07, 6.45) is 12.1. The third-order valence-corrected chi connectivity index (χ3v) is 3.23. The first-order chi connectivity index (χ1) is 10.2. The normalized spacial score (nSPS) is 15.5. The lowest BCUT2D eigenvalue weighted by atomic mass is 9.98. The molecule has 2 rings (SSSR count). The van der Waals surface area contributed by atoms with Crippen molar-refractivity contribution in [2.45, 2.75) is 20.3 Å². The second-order valence-electron chi connectivity index (χ2n) is 4.86. The van der Waals surface area contributed by atoms with E-state index >= 15 is 0 Å². The van der Waals surface area contributed by atoms with Crippen LogP contribution in [0.2, 0.25) is 0 Å². The van der Waals surface area contributed by atoms with Crippen molar-refractivity contribution in [3.63, 3.8) is 0 Å². The van der Waals surface area contributed by atoms with Crippen LogP contribution >= 0.6 is 0 Å². The fourth-order valence-corrected chi connectivity index (χ4v) is 2.20. The average molecular weight is 282 g/mol. The Morgan fingerprint density at radius 3 is 2.86 bits per heavy atom. The van der Waals surface area contributed by atoms with E-state index in [0.717, 1.165) is 11.1 Å². The lowest BCUT2D eigenvalue weighted by molar-refractivity contribution is 0.415. The molecule has 0 saturated carbocycles. The third-order valence-electron chi connectivity index (χ3n) is 3.23. The summed E-state index contributed by atoms with van der Waals surface area (Å²) in [5.41, 5.74) is 2.61. The zero-order valence-electron chi connectivity index (χ0n) is 12.4. The molecule has 0 atom stereocenters. The van der Waals surface area contributed by atoms with E-state index in [1.165, 1.54) is 6.07 Å². The van der Waals surface area contributed by atoms with E-state index in [4.69, 9.17) is 4.74 Å². The molecule has 0 bridgehead atoms. The van der Waals surface area contributed by atoms with E-state index in [2.05, 4.69) is 6.58 Å². The smallest absolute Gasteiger partial charge is 0.133 e. The minimum absolute atomic E-state index is 0.233. The molecule has 0 radical (unpaired) electrons. The molecule has 0 aromatic heterocycles. The molecule has 0 N–H and O–H groups in total. The Balaban J connectivity index is 2.33. The fourth-order valence-electron chi connectivity index (χ4n) is 2.20. The van der Waals surface area contributed by atoms with Crippen LogP contribution < -0.4 is 4.74 Å². The molecule has 0 spiro atoms. The maximum atomic E-state index is 13.9. The minimum atomic E-state index is -0.233. The summed E-state index contributed by atoms with van der Waals surface area (Å²) in [6, 6.07) is 4.89. The SMILES string of the molecule is C=CC1=C(/C=C(C)/C=C\C=C/C)Cc2c(F)cccc2O1. The van der Waals surface area contributed by atoms with Crippen molar-refractivity contribution in [2.24, 2.45) is 0 Å². The van der Waals surface area contributed by atoms with Gasteiger partial charge in [0.05, 0.1) is 0 Å². The molecule has 0 fully saturated rings. The molecule has 1 aromatic carbocycles. The molecule has 1 aliphatic heterocycles. The second kappa shape index (κ2) is 6.89. The summed E-state index contributed by atoms with van der Waals surface area (Å²) in [6.45, 7) is 7.75. The summed E-state index contributed by atoms with van der Waals surface area (Å²) in [5, 5.41) is 0. The first-order valence-electron chi connectivity index (χ1n) is 6.94. The van der Waals surface area contributed by atoms with Crippen molar-refractivity contribution in [1.29, 1.82) is 0 Å². The number of hydrogen-bond donors (Lipinski definition) is 0. The zero-order valence-corrected chi connectivity index (χ0v) is 12.4. The topological polar surface area (TPSA) is 9.23 Å². The summed E-state index contributed by atoms with van der Waals surface area (Å²) >= 11 is 0. The maximum Gasteiger partial charge on any atom is 0.133 e. The average Bonchev–Trinajstić information content (AvgIpc) is 2.48. The monoisotopic (exact) mass is 282 g/mol. The maximum absolute atomic E-state index is 13.9. The number of allylic oxidation sites excluding steroid dienone is 8. The van der Waals surface area contributed by atoms with Crippen molar-refractivity contribution >= 4 is 0 Å². The van der Waals surface area contributed by atoms with Gasteiger partial charge >= 0.3 is 0 Å². The first kappa shape index (κ1) is 15.0. The Kier molecular flexibility index (Phi) is 4.94. The first-order valence-corrected chi connectivity index (χ1v) is 6.94. The van der Waals surface area contributed by atoms with Gasteiger partial charge in [-0.3, -0.25) is 0 Å². The van der Waals surface area contributed by atoms with E-state index in [9.17, 15) is 4.39 Å². The van der Waals surface area contributed by atoms with Gasteiger partial charge in [0.1, 0.15) is 17.3 Å². The van der Waals surface area contributed by atoms with Crippen molar-refractivity contribution in [3.05, 3.63) is 89.5 Å². The molecule has 108 valence electrons. The van der Waals surface area contributed by atoms with Gasteiger partial charge in [0.2, 0.25) is 0 Å². The third kappa shape index (κ3) is 3.60. The number of benzene rings is 1. The van der Waals surface area contributed by atoms with Crippen LogP contribution in [0.4, 0.5) is 4.39 Å². The van der Waals surface area contributed by atoms with Gasteiger partial charge in [0.25, 0.3) is 0 Å². The van der Waals surface area contributed by atoms with E-state index in [-0.39, 0.29) is 5.82 Å². The summed E-state index contributed by atoms with van der Waals surface area (Å²) in [4.78, 5) is 0. The van der Waals surface area contributed by atoms with Crippen LogP contribution in [-0.4, -0.2) is 0 Å². The highest BCUT2D eigenvalue weighted by Gasteiger charge is 2.19. The van der Waals surface area contributed by atoms with Crippen molar-refractivity contribution in [2.75, 3.05) is 0 Å². The Bertz CT molecular complexity index is 660. The van der Waals surface area contributed by atoms with Crippen LogP contribution in [0.25, 0.3) is 0 Å². The number of ether oxygens (including phenoxy) is 1. The van der Waals surface area contributed by atoms with Crippen molar-refractivity contribution in [3.8, 4) is 5.75 Å². The lowest BCUT2D eigenvalue weighted by Crippen LogP contribution is -2.09. The van der Waals surface area contributed by atoms with Gasteiger partial charge in [0.15, 0.2) is 0 Å². The molecule has 1 aliphatic rings. The molecule has 1 heterocycles. The molecule has 21 heavy (non-hydrogen) atoms. The van der Waals surface area contributed by atoms with Gasteiger partial charge in [-0.15, -0.1) is 0 Å². The Morgan fingerprint density at radius 2 is 2.14 bits per heavy atom. The molecule has 0 aliphatic carbocycles. The largest absolute Gasteiger partial charge is 0.457 e. The number of fused-ring (bicyclic) bond motifs is 1. The molecular weight excluding hydrogens is 263 g/mol. The molecule has 0 amide bonds. The number of halogens is 1. The zero-order chi connectivity index (χ0) is 15.2. The predicted octanol–water partition coefficient (Wildman–Crippen LogP) is 5.28. The standard InChI is InChI=1S/C19H19FO/c1-4-6-7-9-14(3)12-15-13-16-17(20)10-8-11-19(16)21-18(15)5-2/h4-12H,2,13H2,1,3H3/b6-4-,9-7-,14-12+. The summed E-state index contributed by atoms with van der Waals surface area (Å²) in [5.74, 6) is 1.03. The fraction of sp³-hybridized carbons (Fsp3) is 0.158. The van der Waals surface area contributed by atoms with E-state index in [1.54, 1.807) is 18.2 Å². The summed E-state index contributed by atoms with van der Waals surface area (Å²) < 4.78 is 19.6. The van der Waals surface area contributed by atoms with Gasteiger partial charge in [0, 0.05) is 12.0 Å². The highest BCUT2D eigenvalue weighted by Crippen LogP contribution is 2.33. The van der Waals surface area contributed by atoms with E-state index in [1.807, 2.05) is 44.2 Å². The van der Waals surface area contributed by atoms with Gasteiger partial charge in [-0.2, -0.15) is 0 Å². The van der Waals surface area contributed by atoms with Crippen LogP contribution in [0.1, 0.15) is 19.4 Å². The minimum Gasteiger partial charge on any atom is -0.457 e. The van der Waals surface area contributed by atoms with E-state index in [0.29, 0.717) is 23.5 Å². The molecule has 0 unspecified atom stereocenters. The highest BCUT2D eigenvalue weighted by molar-refractivity contribution is 5.48. The summed E-state index contributed by atoms with van der Waals surface area (Å²) in [7, 11) is 0. The van der Waals surface area contributed by atoms with Crippen LogP contribution in [0.15, 0.2) is 78.1 Å². The molecule has 1 nitrogen and oxygen atoms in total. The molecular formula is C19H19FO. The second-order valence-corrected chi connectivity index (χ2v) is 4.86. The van der Waals surface area contributed by atoms with Crippen LogP contribution in [0.3, 0.4) is 0 Å². The number of hydrogen-bond acceptors (Lipinski definition) is 1. The van der Waals surface area contributed by atoms with Gasteiger partial charge in [-0.1, -0.05) is 48.6 Å². The van der Waals surface area contributed by atoms with Gasteiger partial charge < -0.3 is 4.74 Å². The molecule has 1 aromatic rings. The highest BCUT2D eigenvalue weighted by atomic mass is 19.1. The molecule has 2 heteroatoms. The lowest BCUT2D eigenvalue weighted by Gasteiger charge is -2.21. The van der Waals surface area contributed by atoms with Crippen molar-refractivity contribution < 1.29 is 9.13 Å². The van der Waals surface area contributed by atoms with Crippen LogP contribution in [0.5, 0.6) is 5.75 Å². The Morgan fingerprint density at radius 1 is 1.33 bits per heavy atom. The van der Waals surface area contributed by atoms with Gasteiger partial charge in [-0.05, 0) is 37.6 Å².